The molecule has 0 aliphatic rings. The van der Waals surface area contributed by atoms with Gasteiger partial charge in [0.2, 0.25) is 0 Å². The maximum Gasteiger partial charge on any atom is 0.259 e. The van der Waals surface area contributed by atoms with Crippen molar-refractivity contribution in [3.8, 4) is 11.5 Å². The molecule has 2 aromatic heterocycles. The molecule has 2 N–H and O–H groups in total. The van der Waals surface area contributed by atoms with Crippen LogP contribution in [0.1, 0.15) is 44.0 Å². The molecule has 1 atom stereocenters. The van der Waals surface area contributed by atoms with E-state index in [0.29, 0.717) is 11.7 Å². The molecule has 2 aromatic rings. The first kappa shape index (κ1) is 13.6. The van der Waals surface area contributed by atoms with Crippen molar-refractivity contribution in [1.29, 1.82) is 0 Å². The fourth-order valence-corrected chi connectivity index (χ4v) is 1.74. The second kappa shape index (κ2) is 5.44. The number of aryl methyl sites for hydroxylation is 2. The van der Waals surface area contributed by atoms with Gasteiger partial charge in [-0.25, -0.2) is 0 Å². The Labute approximate surface area is 112 Å². The molecule has 2 rings (SSSR count). The Morgan fingerprint density at radius 1 is 1.32 bits per heavy atom. The van der Waals surface area contributed by atoms with Crippen LogP contribution < -0.4 is 5.73 Å². The number of hydrogen-bond donors (Lipinski definition) is 1. The van der Waals surface area contributed by atoms with Gasteiger partial charge >= 0.3 is 0 Å². The van der Waals surface area contributed by atoms with Crippen LogP contribution in [0.25, 0.3) is 11.5 Å². The minimum Gasteiger partial charge on any atom is -0.334 e. The Kier molecular flexibility index (Phi) is 3.90. The number of rotatable bonds is 4. The molecule has 6 nitrogen and oxygen atoms in total. The van der Waals surface area contributed by atoms with Gasteiger partial charge in [0.15, 0.2) is 5.82 Å². The van der Waals surface area contributed by atoms with Crippen LogP contribution in [-0.2, 0) is 6.42 Å². The Hall–Kier alpha value is -1.82. The van der Waals surface area contributed by atoms with E-state index in [9.17, 15) is 0 Å². The summed E-state index contributed by atoms with van der Waals surface area (Å²) < 4.78 is 5.31. The second-order valence-electron chi connectivity index (χ2n) is 4.93. The van der Waals surface area contributed by atoms with E-state index < -0.39 is 0 Å². The summed E-state index contributed by atoms with van der Waals surface area (Å²) >= 11 is 0. The normalized spacial score (nSPS) is 12.9. The average molecular weight is 261 g/mol. The summed E-state index contributed by atoms with van der Waals surface area (Å²) in [4.78, 5) is 4.38. The molecule has 0 bridgehead atoms. The molecule has 0 aliphatic heterocycles. The lowest BCUT2D eigenvalue weighted by atomic mass is 10.1. The molecule has 0 saturated heterocycles. The van der Waals surface area contributed by atoms with Crippen LogP contribution in [0.5, 0.6) is 0 Å². The van der Waals surface area contributed by atoms with E-state index in [2.05, 4.69) is 20.3 Å². The average Bonchev–Trinajstić information content (AvgIpc) is 2.87. The fourth-order valence-electron chi connectivity index (χ4n) is 1.74. The van der Waals surface area contributed by atoms with E-state index in [1.165, 1.54) is 0 Å². The monoisotopic (exact) mass is 261 g/mol. The zero-order chi connectivity index (χ0) is 14.0. The Balaban J connectivity index is 2.40. The van der Waals surface area contributed by atoms with E-state index >= 15 is 0 Å². The van der Waals surface area contributed by atoms with Gasteiger partial charge in [-0.05, 0) is 25.3 Å². The van der Waals surface area contributed by atoms with Gasteiger partial charge in [-0.3, -0.25) is 0 Å². The van der Waals surface area contributed by atoms with Gasteiger partial charge in [-0.1, -0.05) is 25.9 Å². The van der Waals surface area contributed by atoms with E-state index in [0.717, 1.165) is 23.4 Å². The molecule has 0 radical (unpaired) electrons. The van der Waals surface area contributed by atoms with Crippen molar-refractivity contribution in [1.82, 2.24) is 20.3 Å². The molecule has 0 amide bonds. The van der Waals surface area contributed by atoms with Gasteiger partial charge in [0.05, 0.1) is 23.0 Å². The predicted molar refractivity (Wildman–Crippen MR) is 71.2 cm³/mol. The third-order valence-corrected chi connectivity index (χ3v) is 3.02. The lowest BCUT2D eigenvalue weighted by Gasteiger charge is -2.09. The van der Waals surface area contributed by atoms with Gasteiger partial charge in [-0.2, -0.15) is 15.2 Å². The molecule has 2 heterocycles. The highest BCUT2D eigenvalue weighted by Gasteiger charge is 2.20. The maximum absolute atomic E-state index is 6.02. The third kappa shape index (κ3) is 2.78. The van der Waals surface area contributed by atoms with Crippen LogP contribution in [0.4, 0.5) is 0 Å². The van der Waals surface area contributed by atoms with Crippen molar-refractivity contribution in [2.24, 2.45) is 11.7 Å². The van der Waals surface area contributed by atoms with Crippen molar-refractivity contribution in [3.63, 3.8) is 0 Å². The fraction of sp³-hybridized carbons (Fsp3) is 0.538. The van der Waals surface area contributed by atoms with Crippen LogP contribution in [0.2, 0.25) is 0 Å². The first-order valence-electron chi connectivity index (χ1n) is 6.45. The minimum absolute atomic E-state index is 0.224. The molecule has 19 heavy (non-hydrogen) atoms. The molecule has 102 valence electrons. The first-order valence-corrected chi connectivity index (χ1v) is 6.45. The lowest BCUT2D eigenvalue weighted by Crippen LogP contribution is -2.18. The van der Waals surface area contributed by atoms with Crippen molar-refractivity contribution in [3.05, 3.63) is 23.3 Å². The highest BCUT2D eigenvalue weighted by atomic mass is 16.5. The molecule has 0 saturated carbocycles. The zero-order valence-corrected chi connectivity index (χ0v) is 11.7. The number of nitrogens with zero attached hydrogens (tertiary/aromatic N) is 4. The second-order valence-corrected chi connectivity index (χ2v) is 4.93. The van der Waals surface area contributed by atoms with Crippen LogP contribution >= 0.6 is 0 Å². The number of nitrogens with two attached hydrogens (primary N) is 1. The lowest BCUT2D eigenvalue weighted by molar-refractivity contribution is 0.399. The standard InChI is InChI=1S/C13H19N5O/c1-5-10-9(6-8(4)16-17-10)13-15-12(18-19-13)11(14)7(2)3/h6-7,11H,5,14H2,1-4H3. The van der Waals surface area contributed by atoms with Gasteiger partial charge in [0.1, 0.15) is 0 Å². The van der Waals surface area contributed by atoms with Crippen LogP contribution in [0.3, 0.4) is 0 Å². The number of hydrogen-bond acceptors (Lipinski definition) is 6. The molecule has 6 heteroatoms. The Bertz CT molecular complexity index is 564. The summed E-state index contributed by atoms with van der Waals surface area (Å²) in [5.74, 6) is 1.25. The predicted octanol–water partition coefficient (Wildman–Crippen LogP) is 2.05. The first-order chi connectivity index (χ1) is 9.02. The minimum atomic E-state index is -0.224. The highest BCUT2D eigenvalue weighted by Crippen LogP contribution is 2.24. The molecule has 0 aromatic carbocycles. The van der Waals surface area contributed by atoms with Gasteiger partial charge < -0.3 is 10.3 Å². The van der Waals surface area contributed by atoms with E-state index in [-0.39, 0.29) is 12.0 Å². The van der Waals surface area contributed by atoms with E-state index in [1.54, 1.807) is 0 Å². The van der Waals surface area contributed by atoms with Crippen molar-refractivity contribution in [2.45, 2.75) is 40.2 Å². The van der Waals surface area contributed by atoms with E-state index in [4.69, 9.17) is 10.3 Å². The molecule has 1 unspecified atom stereocenters. The summed E-state index contributed by atoms with van der Waals surface area (Å²) in [5, 5.41) is 12.2. The van der Waals surface area contributed by atoms with Gasteiger partial charge in [0.25, 0.3) is 5.89 Å². The number of aromatic nitrogens is 4. The summed E-state index contributed by atoms with van der Waals surface area (Å²) in [6.45, 7) is 7.94. The topological polar surface area (TPSA) is 90.7 Å². The molecular formula is C13H19N5O. The molecular weight excluding hydrogens is 242 g/mol. The van der Waals surface area contributed by atoms with Crippen molar-refractivity contribution in [2.75, 3.05) is 0 Å². The largest absolute Gasteiger partial charge is 0.334 e. The Morgan fingerprint density at radius 2 is 2.05 bits per heavy atom. The van der Waals surface area contributed by atoms with Gasteiger partial charge in [-0.15, -0.1) is 0 Å². The maximum atomic E-state index is 6.02. The van der Waals surface area contributed by atoms with Gasteiger partial charge in [0, 0.05) is 0 Å². The smallest absolute Gasteiger partial charge is 0.259 e. The summed E-state index contributed by atoms with van der Waals surface area (Å²) in [5.41, 5.74) is 8.52. The van der Waals surface area contributed by atoms with Crippen LogP contribution in [-0.4, -0.2) is 20.3 Å². The zero-order valence-electron chi connectivity index (χ0n) is 11.7. The molecule has 0 aliphatic carbocycles. The SMILES string of the molecule is CCc1nnc(C)cc1-c1nc(C(N)C(C)C)no1. The third-order valence-electron chi connectivity index (χ3n) is 3.02. The molecule has 0 fully saturated rings. The van der Waals surface area contributed by atoms with Crippen LogP contribution in [0, 0.1) is 12.8 Å². The quantitative estimate of drug-likeness (QED) is 0.905. The Morgan fingerprint density at radius 3 is 2.68 bits per heavy atom. The van der Waals surface area contributed by atoms with Crippen molar-refractivity contribution >= 4 is 0 Å². The highest BCUT2D eigenvalue weighted by molar-refractivity contribution is 5.56. The molecule has 0 spiro atoms. The van der Waals surface area contributed by atoms with Crippen molar-refractivity contribution < 1.29 is 4.52 Å². The summed E-state index contributed by atoms with van der Waals surface area (Å²) in [7, 11) is 0. The summed E-state index contributed by atoms with van der Waals surface area (Å²) in [6, 6.07) is 1.68. The van der Waals surface area contributed by atoms with Crippen LogP contribution in [0.15, 0.2) is 10.6 Å². The van der Waals surface area contributed by atoms with E-state index in [1.807, 2.05) is 33.8 Å². The summed E-state index contributed by atoms with van der Waals surface area (Å²) in [6.07, 6.45) is 0.760.